The zero-order valence-electron chi connectivity index (χ0n) is 18.7. The first-order valence-electron chi connectivity index (χ1n) is 10.5. The molecule has 0 unspecified atom stereocenters. The molecule has 0 aliphatic rings. The van der Waals surface area contributed by atoms with E-state index in [1.165, 1.54) is 5.56 Å². The summed E-state index contributed by atoms with van der Waals surface area (Å²) in [5.41, 5.74) is 6.41. The van der Waals surface area contributed by atoms with Crippen LogP contribution < -0.4 is 10.2 Å². The Morgan fingerprint density at radius 2 is 1.84 bits per heavy atom. The maximum atomic E-state index is 11.8. The lowest BCUT2D eigenvalue weighted by molar-refractivity contribution is -0.116. The molecule has 31 heavy (non-hydrogen) atoms. The highest BCUT2D eigenvalue weighted by Crippen LogP contribution is 2.33. The van der Waals surface area contributed by atoms with Crippen molar-refractivity contribution in [2.75, 3.05) is 17.3 Å². The molecule has 0 radical (unpaired) electrons. The van der Waals surface area contributed by atoms with Gasteiger partial charge >= 0.3 is 0 Å². The van der Waals surface area contributed by atoms with Gasteiger partial charge in [0, 0.05) is 55.2 Å². The fraction of sp³-hybridized carbons (Fsp3) is 0.231. The van der Waals surface area contributed by atoms with Crippen molar-refractivity contribution in [3.63, 3.8) is 0 Å². The van der Waals surface area contributed by atoms with Gasteiger partial charge in [-0.15, -0.1) is 0 Å². The minimum Gasteiger partial charge on any atom is -0.343 e. The Bertz CT molecular complexity index is 1260. The second-order valence-corrected chi connectivity index (χ2v) is 8.21. The fourth-order valence-corrected chi connectivity index (χ4v) is 3.81. The van der Waals surface area contributed by atoms with Gasteiger partial charge in [0.25, 0.3) is 0 Å². The molecule has 0 spiro atoms. The third-order valence-corrected chi connectivity index (χ3v) is 5.79. The summed E-state index contributed by atoms with van der Waals surface area (Å²) >= 11 is 0. The molecule has 0 saturated heterocycles. The zero-order chi connectivity index (χ0) is 22.1. The molecule has 158 valence electrons. The molecule has 2 aromatic carbocycles. The molecule has 2 aromatic heterocycles. The van der Waals surface area contributed by atoms with Gasteiger partial charge in [-0.3, -0.25) is 4.79 Å². The third kappa shape index (κ3) is 4.04. The standard InChI is InChI=1S/C26H28N4O/c1-17(2)19-8-6-10-21(14-19)28-26-23-16-25(30(5)24(23)12-13-27-26)20-9-7-11-22(15-20)29(4)18(3)31/h6-17H,1-5H3,(H,27,28). The summed E-state index contributed by atoms with van der Waals surface area (Å²) in [6.07, 6.45) is 1.83. The normalized spacial score (nSPS) is 11.2. The molecule has 5 nitrogen and oxygen atoms in total. The predicted octanol–water partition coefficient (Wildman–Crippen LogP) is 6.09. The molecular formula is C26H28N4O. The molecule has 1 N–H and O–H groups in total. The number of hydrogen-bond donors (Lipinski definition) is 1. The van der Waals surface area contributed by atoms with Crippen LogP contribution in [0.4, 0.5) is 17.2 Å². The number of hydrogen-bond acceptors (Lipinski definition) is 3. The zero-order valence-corrected chi connectivity index (χ0v) is 18.7. The Morgan fingerprint density at radius 3 is 2.58 bits per heavy atom. The molecule has 5 heteroatoms. The topological polar surface area (TPSA) is 50.2 Å². The summed E-state index contributed by atoms with van der Waals surface area (Å²) in [6.45, 7) is 5.96. The highest BCUT2D eigenvalue weighted by atomic mass is 16.2. The molecule has 2 heterocycles. The molecule has 4 aromatic rings. The maximum absolute atomic E-state index is 11.8. The SMILES string of the molecule is CC(=O)N(C)c1cccc(-c2cc3c(Nc4cccc(C(C)C)c4)nccc3n2C)c1. The fourth-order valence-electron chi connectivity index (χ4n) is 3.81. The summed E-state index contributed by atoms with van der Waals surface area (Å²) in [7, 11) is 3.85. The molecule has 1 amide bonds. The van der Waals surface area contributed by atoms with Crippen molar-refractivity contribution < 1.29 is 4.79 Å². The van der Waals surface area contributed by atoms with Crippen LogP contribution in [0.25, 0.3) is 22.2 Å². The number of amides is 1. The van der Waals surface area contributed by atoms with Gasteiger partial charge in [0.1, 0.15) is 5.82 Å². The average Bonchev–Trinajstić information content (AvgIpc) is 3.11. The number of carbonyl (C=O) groups excluding carboxylic acids is 1. The number of aromatic nitrogens is 2. The number of benzene rings is 2. The van der Waals surface area contributed by atoms with E-state index in [9.17, 15) is 4.79 Å². The number of nitrogens with one attached hydrogen (secondary N) is 1. The number of fused-ring (bicyclic) bond motifs is 1. The molecule has 0 atom stereocenters. The molecule has 0 fully saturated rings. The van der Waals surface area contributed by atoms with Crippen LogP contribution in [0.1, 0.15) is 32.3 Å². The van der Waals surface area contributed by atoms with Crippen molar-refractivity contribution in [2.24, 2.45) is 7.05 Å². The molecule has 0 aliphatic heterocycles. The van der Waals surface area contributed by atoms with Crippen molar-refractivity contribution in [1.29, 1.82) is 0 Å². The van der Waals surface area contributed by atoms with Gasteiger partial charge in [-0.05, 0) is 47.9 Å². The number of nitrogens with zero attached hydrogens (tertiary/aromatic N) is 3. The smallest absolute Gasteiger partial charge is 0.223 e. The van der Waals surface area contributed by atoms with E-state index in [0.717, 1.165) is 39.4 Å². The Hall–Kier alpha value is -3.60. The summed E-state index contributed by atoms with van der Waals surface area (Å²) < 4.78 is 2.17. The van der Waals surface area contributed by atoms with E-state index in [1.54, 1.807) is 18.9 Å². The predicted molar refractivity (Wildman–Crippen MR) is 129 cm³/mol. The van der Waals surface area contributed by atoms with Gasteiger partial charge in [-0.2, -0.15) is 0 Å². The van der Waals surface area contributed by atoms with E-state index < -0.39 is 0 Å². The van der Waals surface area contributed by atoms with E-state index in [4.69, 9.17) is 0 Å². The van der Waals surface area contributed by atoms with E-state index in [0.29, 0.717) is 5.92 Å². The van der Waals surface area contributed by atoms with Gasteiger partial charge in [0.2, 0.25) is 5.91 Å². The minimum absolute atomic E-state index is 0.00788. The van der Waals surface area contributed by atoms with Crippen LogP contribution in [0.5, 0.6) is 0 Å². The van der Waals surface area contributed by atoms with Gasteiger partial charge < -0.3 is 14.8 Å². The summed E-state index contributed by atoms with van der Waals surface area (Å²) in [5, 5.41) is 4.56. The van der Waals surface area contributed by atoms with Crippen LogP contribution in [-0.4, -0.2) is 22.5 Å². The van der Waals surface area contributed by atoms with E-state index in [2.05, 4.69) is 72.2 Å². The van der Waals surface area contributed by atoms with E-state index in [1.807, 2.05) is 30.5 Å². The van der Waals surface area contributed by atoms with Crippen molar-refractivity contribution in [3.05, 3.63) is 72.4 Å². The molecule has 0 saturated carbocycles. The average molecular weight is 413 g/mol. The van der Waals surface area contributed by atoms with Crippen molar-refractivity contribution in [2.45, 2.75) is 26.7 Å². The highest BCUT2D eigenvalue weighted by molar-refractivity contribution is 5.97. The minimum atomic E-state index is 0.00788. The second kappa shape index (κ2) is 8.26. The molecular weight excluding hydrogens is 384 g/mol. The van der Waals surface area contributed by atoms with Crippen LogP contribution in [0.15, 0.2) is 66.9 Å². The van der Waals surface area contributed by atoms with Crippen LogP contribution in [0, 0.1) is 0 Å². The van der Waals surface area contributed by atoms with E-state index >= 15 is 0 Å². The lowest BCUT2D eigenvalue weighted by Crippen LogP contribution is -2.22. The summed E-state index contributed by atoms with van der Waals surface area (Å²) in [5.74, 6) is 1.31. The third-order valence-electron chi connectivity index (χ3n) is 5.79. The number of rotatable bonds is 5. The van der Waals surface area contributed by atoms with Gasteiger partial charge in [-0.25, -0.2) is 4.98 Å². The van der Waals surface area contributed by atoms with Gasteiger partial charge in [0.15, 0.2) is 0 Å². The largest absolute Gasteiger partial charge is 0.343 e. The summed E-state index contributed by atoms with van der Waals surface area (Å²) in [6, 6.07) is 20.7. The molecule has 0 aliphatic carbocycles. The monoisotopic (exact) mass is 412 g/mol. The number of pyridine rings is 1. The maximum Gasteiger partial charge on any atom is 0.223 e. The molecule has 0 bridgehead atoms. The van der Waals surface area contributed by atoms with Crippen LogP contribution in [-0.2, 0) is 11.8 Å². The van der Waals surface area contributed by atoms with Crippen LogP contribution in [0.3, 0.4) is 0 Å². The first-order chi connectivity index (χ1) is 14.8. The number of aryl methyl sites for hydroxylation is 1. The van der Waals surface area contributed by atoms with Gasteiger partial charge in [-0.1, -0.05) is 38.1 Å². The lowest BCUT2D eigenvalue weighted by atomic mass is 10.0. The quantitative estimate of drug-likeness (QED) is 0.431. The highest BCUT2D eigenvalue weighted by Gasteiger charge is 2.14. The van der Waals surface area contributed by atoms with Crippen LogP contribution in [0.2, 0.25) is 0 Å². The van der Waals surface area contributed by atoms with Crippen LogP contribution >= 0.6 is 0 Å². The Balaban J connectivity index is 1.76. The Morgan fingerprint density at radius 1 is 1.06 bits per heavy atom. The van der Waals surface area contributed by atoms with Gasteiger partial charge in [0.05, 0.1) is 5.52 Å². The summed E-state index contributed by atoms with van der Waals surface area (Å²) in [4.78, 5) is 18.1. The lowest BCUT2D eigenvalue weighted by Gasteiger charge is -2.16. The van der Waals surface area contributed by atoms with Crippen molar-refractivity contribution in [3.8, 4) is 11.3 Å². The number of anilines is 3. The van der Waals surface area contributed by atoms with Crippen molar-refractivity contribution in [1.82, 2.24) is 9.55 Å². The first kappa shape index (κ1) is 20.7. The first-order valence-corrected chi connectivity index (χ1v) is 10.5. The Kier molecular flexibility index (Phi) is 5.51. The van der Waals surface area contributed by atoms with E-state index in [-0.39, 0.29) is 5.91 Å². The Labute approximate surface area is 183 Å². The number of carbonyl (C=O) groups is 1. The second-order valence-electron chi connectivity index (χ2n) is 8.21. The van der Waals surface area contributed by atoms with Crippen molar-refractivity contribution >= 4 is 34.0 Å². The molecule has 4 rings (SSSR count).